The number of nitrogens with two attached hydrogens (primary N) is 1. The number of esters is 1. The highest BCUT2D eigenvalue weighted by Gasteiger charge is 2.20. The van der Waals surface area contributed by atoms with E-state index in [0.717, 1.165) is 23.3 Å². The van der Waals surface area contributed by atoms with Crippen LogP contribution in [0.15, 0.2) is 24.4 Å². The fourth-order valence-corrected chi connectivity index (χ4v) is 2.85. The van der Waals surface area contributed by atoms with E-state index < -0.39 is 5.97 Å². The van der Waals surface area contributed by atoms with E-state index in [0.29, 0.717) is 29.6 Å². The Labute approximate surface area is 127 Å². The minimum absolute atomic E-state index is 0.404. The number of hydrogen-bond donors (Lipinski definition) is 1. The summed E-state index contributed by atoms with van der Waals surface area (Å²) in [7, 11) is 1.34. The predicted octanol–water partition coefficient (Wildman–Crippen LogP) is 2.49. The molecule has 110 valence electrons. The topological polar surface area (TPSA) is 66.5 Å². The van der Waals surface area contributed by atoms with Crippen molar-refractivity contribution < 1.29 is 14.3 Å². The molecule has 0 atom stereocenters. The van der Waals surface area contributed by atoms with Crippen LogP contribution in [0.5, 0.6) is 5.75 Å². The van der Waals surface area contributed by atoms with Gasteiger partial charge in [0.25, 0.3) is 0 Å². The van der Waals surface area contributed by atoms with Gasteiger partial charge in [0.1, 0.15) is 11.4 Å². The van der Waals surface area contributed by atoms with Crippen LogP contribution in [0.3, 0.4) is 0 Å². The Morgan fingerprint density at radius 2 is 2.29 bits per heavy atom. The third kappa shape index (κ3) is 2.56. The van der Waals surface area contributed by atoms with Crippen molar-refractivity contribution in [2.45, 2.75) is 13.0 Å². The minimum Gasteiger partial charge on any atom is -0.493 e. The fourth-order valence-electron chi connectivity index (χ4n) is 2.59. The molecule has 1 aliphatic heterocycles. The molecule has 1 aromatic heterocycles. The second-order valence-corrected chi connectivity index (χ2v) is 5.37. The number of hydrogen-bond acceptors (Lipinski definition) is 4. The van der Waals surface area contributed by atoms with Gasteiger partial charge >= 0.3 is 5.97 Å². The molecule has 0 unspecified atom stereocenters. The van der Waals surface area contributed by atoms with E-state index in [1.54, 1.807) is 16.8 Å². The third-order valence-electron chi connectivity index (χ3n) is 3.48. The number of halogens is 1. The van der Waals surface area contributed by atoms with Crippen LogP contribution in [-0.2, 0) is 17.7 Å². The smallest absolute Gasteiger partial charge is 0.354 e. The second-order valence-electron chi connectivity index (χ2n) is 4.93. The number of fused-ring (bicyclic) bond motifs is 1. The number of nitrogens with zero attached hydrogens (tertiary/aromatic N) is 1. The molecule has 0 saturated carbocycles. The van der Waals surface area contributed by atoms with E-state index in [2.05, 4.69) is 0 Å². The van der Waals surface area contributed by atoms with E-state index in [1.807, 2.05) is 12.1 Å². The number of anilines is 1. The molecule has 0 saturated heterocycles. The van der Waals surface area contributed by atoms with E-state index in [1.165, 1.54) is 7.11 Å². The molecule has 2 heterocycles. The van der Waals surface area contributed by atoms with Crippen molar-refractivity contribution in [2.75, 3.05) is 19.5 Å². The van der Waals surface area contributed by atoms with Crippen LogP contribution >= 0.6 is 11.6 Å². The normalized spacial score (nSPS) is 12.9. The molecule has 21 heavy (non-hydrogen) atoms. The summed E-state index contributed by atoms with van der Waals surface area (Å²) in [6, 6.07) is 5.36. The van der Waals surface area contributed by atoms with Crippen molar-refractivity contribution in [1.82, 2.24) is 4.57 Å². The van der Waals surface area contributed by atoms with Gasteiger partial charge < -0.3 is 19.8 Å². The van der Waals surface area contributed by atoms with Gasteiger partial charge in [0.15, 0.2) is 0 Å². The molecule has 0 radical (unpaired) electrons. The van der Waals surface area contributed by atoms with Gasteiger partial charge in [0.2, 0.25) is 0 Å². The van der Waals surface area contributed by atoms with Crippen molar-refractivity contribution in [3.63, 3.8) is 0 Å². The lowest BCUT2D eigenvalue weighted by Crippen LogP contribution is -2.11. The van der Waals surface area contributed by atoms with Gasteiger partial charge in [-0.05, 0) is 23.8 Å². The number of rotatable bonds is 3. The summed E-state index contributed by atoms with van der Waals surface area (Å²) in [4.78, 5) is 11.8. The van der Waals surface area contributed by atoms with Gasteiger partial charge in [-0.3, -0.25) is 0 Å². The zero-order valence-corrected chi connectivity index (χ0v) is 12.3. The number of nitrogen functional groups attached to an aromatic ring is 1. The minimum atomic E-state index is -0.425. The van der Waals surface area contributed by atoms with E-state index in [-0.39, 0.29) is 0 Å². The molecule has 1 aliphatic rings. The number of benzene rings is 1. The van der Waals surface area contributed by atoms with Gasteiger partial charge in [-0.2, -0.15) is 0 Å². The van der Waals surface area contributed by atoms with Gasteiger partial charge in [0.05, 0.1) is 25.9 Å². The van der Waals surface area contributed by atoms with Crippen LogP contribution < -0.4 is 10.5 Å². The summed E-state index contributed by atoms with van der Waals surface area (Å²) in [6.45, 7) is 1.10. The molecule has 0 aliphatic carbocycles. The number of carbonyl (C=O) groups is 1. The summed E-state index contributed by atoms with van der Waals surface area (Å²) in [5.41, 5.74) is 8.72. The zero-order valence-electron chi connectivity index (χ0n) is 11.6. The average Bonchev–Trinajstić information content (AvgIpc) is 3.04. The van der Waals surface area contributed by atoms with Crippen molar-refractivity contribution in [3.8, 4) is 5.75 Å². The van der Waals surface area contributed by atoms with Crippen LogP contribution in [0.4, 0.5) is 5.69 Å². The molecular weight excluding hydrogens is 292 g/mol. The SMILES string of the molecule is COC(=O)c1cc(N)cn1Cc1cc(Cl)cc2c1OCC2. The van der Waals surface area contributed by atoms with Crippen molar-refractivity contribution >= 4 is 23.3 Å². The number of ether oxygens (including phenoxy) is 2. The Morgan fingerprint density at radius 1 is 1.48 bits per heavy atom. The molecule has 0 fully saturated rings. The molecule has 0 amide bonds. The van der Waals surface area contributed by atoms with Crippen LogP contribution in [-0.4, -0.2) is 24.3 Å². The number of aromatic nitrogens is 1. The summed E-state index contributed by atoms with van der Waals surface area (Å²) in [5.74, 6) is 0.425. The zero-order chi connectivity index (χ0) is 15.0. The van der Waals surface area contributed by atoms with Crippen molar-refractivity contribution in [3.05, 3.63) is 46.2 Å². The van der Waals surface area contributed by atoms with Crippen molar-refractivity contribution in [2.24, 2.45) is 0 Å². The summed E-state index contributed by atoms with van der Waals surface area (Å²) in [5, 5.41) is 0.661. The molecule has 2 N–H and O–H groups in total. The van der Waals surface area contributed by atoms with Crippen LogP contribution in [0.25, 0.3) is 0 Å². The monoisotopic (exact) mass is 306 g/mol. The number of carbonyl (C=O) groups excluding carboxylic acids is 1. The lowest BCUT2D eigenvalue weighted by atomic mass is 10.1. The number of methoxy groups -OCH3 is 1. The van der Waals surface area contributed by atoms with E-state index in [4.69, 9.17) is 26.8 Å². The molecule has 0 bridgehead atoms. The van der Waals surface area contributed by atoms with Crippen LogP contribution in [0.1, 0.15) is 21.6 Å². The Hall–Kier alpha value is -2.14. The summed E-state index contributed by atoms with van der Waals surface area (Å²) >= 11 is 6.15. The van der Waals surface area contributed by atoms with E-state index >= 15 is 0 Å². The highest BCUT2D eigenvalue weighted by molar-refractivity contribution is 6.30. The van der Waals surface area contributed by atoms with Crippen molar-refractivity contribution in [1.29, 1.82) is 0 Å². The Bertz CT molecular complexity index is 709. The highest BCUT2D eigenvalue weighted by Crippen LogP contribution is 2.33. The maximum absolute atomic E-state index is 11.8. The Morgan fingerprint density at radius 3 is 3.05 bits per heavy atom. The van der Waals surface area contributed by atoms with Crippen LogP contribution in [0, 0.1) is 0 Å². The first-order valence-electron chi connectivity index (χ1n) is 6.56. The lowest BCUT2D eigenvalue weighted by Gasteiger charge is -2.12. The molecule has 6 heteroatoms. The molecule has 0 spiro atoms. The summed E-state index contributed by atoms with van der Waals surface area (Å²) < 4.78 is 12.2. The maximum Gasteiger partial charge on any atom is 0.354 e. The molecule has 5 nitrogen and oxygen atoms in total. The van der Waals surface area contributed by atoms with E-state index in [9.17, 15) is 4.79 Å². The second kappa shape index (κ2) is 5.33. The largest absolute Gasteiger partial charge is 0.493 e. The summed E-state index contributed by atoms with van der Waals surface area (Å²) in [6.07, 6.45) is 2.55. The first-order valence-corrected chi connectivity index (χ1v) is 6.94. The standard InChI is InChI=1S/C15H15ClN2O3/c1-20-15(19)13-6-12(17)8-18(13)7-10-5-11(16)4-9-2-3-21-14(9)10/h4-6,8H,2-3,7,17H2,1H3. The Kier molecular flexibility index (Phi) is 3.51. The van der Waals surface area contributed by atoms with Gasteiger partial charge in [-0.1, -0.05) is 11.6 Å². The lowest BCUT2D eigenvalue weighted by molar-refractivity contribution is 0.0589. The molecule has 3 rings (SSSR count). The highest BCUT2D eigenvalue weighted by atomic mass is 35.5. The van der Waals surface area contributed by atoms with Gasteiger partial charge in [0, 0.05) is 23.2 Å². The third-order valence-corrected chi connectivity index (χ3v) is 3.70. The maximum atomic E-state index is 11.8. The fraction of sp³-hybridized carbons (Fsp3) is 0.267. The molecule has 1 aromatic carbocycles. The van der Waals surface area contributed by atoms with Gasteiger partial charge in [-0.25, -0.2) is 4.79 Å². The predicted molar refractivity (Wildman–Crippen MR) is 79.9 cm³/mol. The van der Waals surface area contributed by atoms with Gasteiger partial charge in [-0.15, -0.1) is 0 Å². The first-order chi connectivity index (χ1) is 10.1. The Balaban J connectivity index is 2.00. The quantitative estimate of drug-likeness (QED) is 0.885. The molecule has 2 aromatic rings. The first kappa shape index (κ1) is 13.8. The average molecular weight is 307 g/mol. The molecular formula is C15H15ClN2O3. The van der Waals surface area contributed by atoms with Crippen LogP contribution in [0.2, 0.25) is 5.02 Å².